The minimum absolute atomic E-state index is 0.0315. The zero-order valence-electron chi connectivity index (χ0n) is 26.0. The van der Waals surface area contributed by atoms with E-state index in [0.29, 0.717) is 0 Å². The van der Waals surface area contributed by atoms with Gasteiger partial charge in [0.25, 0.3) is 10.0 Å². The summed E-state index contributed by atoms with van der Waals surface area (Å²) in [5, 5.41) is 3.43. The summed E-state index contributed by atoms with van der Waals surface area (Å²) in [6.45, 7) is 1.54. The minimum Gasteiger partial charge on any atom is -0.352 e. The molecule has 0 radical (unpaired) electrons. The van der Waals surface area contributed by atoms with Gasteiger partial charge >= 0.3 is 0 Å². The van der Waals surface area contributed by atoms with Gasteiger partial charge < -0.3 is 10.2 Å². The summed E-state index contributed by atoms with van der Waals surface area (Å²) in [7, 11) is -4.21. The number of hydrogen-bond acceptors (Lipinski definition) is 4. The zero-order valence-corrected chi connectivity index (χ0v) is 27.6. The highest BCUT2D eigenvalue weighted by Gasteiger charge is 2.36. The number of rotatable bonds is 12. The SMILES string of the molecule is Cc1ccccc1CN(C(=O)CN(c1ccccc1Cl)S(=O)(=O)c1ccccc1)[C@@H](Cc1ccccc1)C(=O)NC1CCCCC1. The topological polar surface area (TPSA) is 86.8 Å². The van der Waals surface area contributed by atoms with Gasteiger partial charge in [0.1, 0.15) is 12.6 Å². The number of sulfonamides is 1. The molecule has 1 atom stereocenters. The number of aryl methyl sites for hydroxylation is 1. The number of nitrogens with one attached hydrogen (secondary N) is 1. The number of amides is 2. The number of nitrogens with zero attached hydrogens (tertiary/aromatic N) is 2. The van der Waals surface area contributed by atoms with Gasteiger partial charge in [0.05, 0.1) is 15.6 Å². The number of para-hydroxylation sites is 1. The third-order valence-corrected chi connectivity index (χ3v) is 10.6. The molecule has 5 rings (SSSR count). The maximum Gasteiger partial charge on any atom is 0.264 e. The molecule has 0 bridgehead atoms. The Kier molecular flexibility index (Phi) is 11.1. The molecule has 2 amide bonds. The van der Waals surface area contributed by atoms with Crippen LogP contribution in [-0.4, -0.2) is 43.8 Å². The second-order valence-electron chi connectivity index (χ2n) is 11.8. The summed E-state index contributed by atoms with van der Waals surface area (Å²) in [6, 6.07) is 31.0. The number of carbonyl (C=O) groups excluding carboxylic acids is 2. The Balaban J connectivity index is 1.57. The Bertz CT molecular complexity index is 1730. The molecule has 0 heterocycles. The number of hydrogen-bond donors (Lipinski definition) is 1. The number of carbonyl (C=O) groups is 2. The smallest absolute Gasteiger partial charge is 0.264 e. The lowest BCUT2D eigenvalue weighted by atomic mass is 9.94. The van der Waals surface area contributed by atoms with E-state index in [-0.39, 0.29) is 40.5 Å². The zero-order chi connectivity index (χ0) is 32.5. The molecule has 1 N–H and O–H groups in total. The summed E-state index contributed by atoms with van der Waals surface area (Å²) in [4.78, 5) is 30.4. The van der Waals surface area contributed by atoms with Crippen molar-refractivity contribution in [2.45, 2.75) is 69.0 Å². The van der Waals surface area contributed by atoms with Crippen LogP contribution in [0, 0.1) is 6.92 Å². The molecule has 1 aliphatic carbocycles. The molecule has 1 aliphatic rings. The lowest BCUT2D eigenvalue weighted by Crippen LogP contribution is -2.55. The fourth-order valence-electron chi connectivity index (χ4n) is 5.96. The Morgan fingerprint density at radius 3 is 2.11 bits per heavy atom. The molecule has 0 aliphatic heterocycles. The van der Waals surface area contributed by atoms with Crippen molar-refractivity contribution in [3.05, 3.63) is 131 Å². The first-order valence-electron chi connectivity index (χ1n) is 15.7. The van der Waals surface area contributed by atoms with E-state index < -0.39 is 28.5 Å². The molecular weight excluding hydrogens is 618 g/mol. The summed E-state index contributed by atoms with van der Waals surface area (Å²) in [5.41, 5.74) is 2.91. The van der Waals surface area contributed by atoms with Crippen molar-refractivity contribution >= 4 is 39.1 Å². The van der Waals surface area contributed by atoms with Crippen LogP contribution in [0.4, 0.5) is 5.69 Å². The third kappa shape index (κ3) is 8.17. The molecule has 0 aromatic heterocycles. The normalized spacial score (nSPS) is 14.3. The molecule has 240 valence electrons. The Labute approximate surface area is 277 Å². The average molecular weight is 658 g/mol. The van der Waals surface area contributed by atoms with Crippen molar-refractivity contribution in [3.63, 3.8) is 0 Å². The lowest BCUT2D eigenvalue weighted by Gasteiger charge is -2.35. The first-order valence-corrected chi connectivity index (χ1v) is 17.6. The van der Waals surface area contributed by atoms with E-state index in [9.17, 15) is 18.0 Å². The summed E-state index contributed by atoms with van der Waals surface area (Å²) >= 11 is 6.56. The standard InChI is InChI=1S/C37H40ClN3O4S/c1-28-15-11-12-18-30(28)26-40(35(25-29-16-5-2-6-17-29)37(43)39-31-19-7-3-8-20-31)36(42)27-41(34-24-14-13-23-33(34)38)46(44,45)32-21-9-4-10-22-32/h2,4-6,9-18,21-24,31,35H,3,7-8,19-20,25-27H2,1H3,(H,39,43)/t35-/m0/s1. The van der Waals surface area contributed by atoms with Gasteiger partial charge in [0.15, 0.2) is 0 Å². The largest absolute Gasteiger partial charge is 0.352 e. The monoisotopic (exact) mass is 657 g/mol. The van der Waals surface area contributed by atoms with Crippen molar-refractivity contribution in [1.29, 1.82) is 0 Å². The Morgan fingerprint density at radius 1 is 0.826 bits per heavy atom. The van der Waals surface area contributed by atoms with E-state index in [1.165, 1.54) is 17.0 Å². The predicted octanol–water partition coefficient (Wildman–Crippen LogP) is 6.93. The molecule has 4 aromatic carbocycles. The minimum atomic E-state index is -4.21. The van der Waals surface area contributed by atoms with Crippen molar-refractivity contribution in [2.24, 2.45) is 0 Å². The van der Waals surface area contributed by atoms with Crippen LogP contribution in [0.3, 0.4) is 0 Å². The second-order valence-corrected chi connectivity index (χ2v) is 14.0. The van der Waals surface area contributed by atoms with Crippen LogP contribution in [0.2, 0.25) is 5.02 Å². The number of halogens is 1. The first kappa shape index (κ1) is 33.2. The molecule has 4 aromatic rings. The van der Waals surface area contributed by atoms with Crippen LogP contribution < -0.4 is 9.62 Å². The molecule has 7 nitrogen and oxygen atoms in total. The molecule has 1 fully saturated rings. The van der Waals surface area contributed by atoms with Gasteiger partial charge in [-0.3, -0.25) is 13.9 Å². The van der Waals surface area contributed by atoms with Crippen LogP contribution in [0.5, 0.6) is 0 Å². The van der Waals surface area contributed by atoms with Crippen molar-refractivity contribution in [1.82, 2.24) is 10.2 Å². The quantitative estimate of drug-likeness (QED) is 0.179. The van der Waals surface area contributed by atoms with E-state index in [4.69, 9.17) is 11.6 Å². The molecule has 0 spiro atoms. The Hall–Kier alpha value is -4.14. The Morgan fingerprint density at radius 2 is 1.43 bits per heavy atom. The first-order chi connectivity index (χ1) is 22.2. The van der Waals surface area contributed by atoms with Crippen molar-refractivity contribution in [3.8, 4) is 0 Å². The third-order valence-electron chi connectivity index (χ3n) is 8.56. The van der Waals surface area contributed by atoms with E-state index in [2.05, 4.69) is 5.32 Å². The maximum absolute atomic E-state index is 14.7. The van der Waals surface area contributed by atoms with Gasteiger partial charge in [-0.15, -0.1) is 0 Å². The summed E-state index contributed by atoms with van der Waals surface area (Å²) < 4.78 is 29.3. The molecule has 9 heteroatoms. The van der Waals surface area contributed by atoms with E-state index in [1.807, 2.05) is 61.5 Å². The predicted molar refractivity (Wildman–Crippen MR) is 183 cm³/mol. The number of anilines is 1. The summed E-state index contributed by atoms with van der Waals surface area (Å²) in [5.74, 6) is -0.754. The second kappa shape index (κ2) is 15.4. The molecule has 0 saturated heterocycles. The van der Waals surface area contributed by atoms with Gasteiger partial charge in [-0.2, -0.15) is 0 Å². The van der Waals surface area contributed by atoms with Crippen LogP contribution in [0.15, 0.2) is 114 Å². The summed E-state index contributed by atoms with van der Waals surface area (Å²) in [6.07, 6.45) is 5.30. The van der Waals surface area contributed by atoms with E-state index in [1.54, 1.807) is 42.5 Å². The average Bonchev–Trinajstić information content (AvgIpc) is 3.07. The van der Waals surface area contributed by atoms with Crippen molar-refractivity contribution in [2.75, 3.05) is 10.8 Å². The maximum atomic E-state index is 14.7. The van der Waals surface area contributed by atoms with Gasteiger partial charge in [-0.25, -0.2) is 8.42 Å². The van der Waals surface area contributed by atoms with Crippen molar-refractivity contribution < 1.29 is 18.0 Å². The lowest BCUT2D eigenvalue weighted by molar-refractivity contribution is -0.140. The molecule has 0 unspecified atom stereocenters. The van der Waals surface area contributed by atoms with E-state index >= 15 is 0 Å². The van der Waals surface area contributed by atoms with Crippen LogP contribution in [0.1, 0.15) is 48.8 Å². The van der Waals surface area contributed by atoms with Gasteiger partial charge in [-0.05, 0) is 60.7 Å². The van der Waals surface area contributed by atoms with E-state index in [0.717, 1.165) is 53.1 Å². The highest BCUT2D eigenvalue weighted by molar-refractivity contribution is 7.92. The molecular formula is C37H40ClN3O4S. The van der Waals surface area contributed by atoms with Gasteiger partial charge in [0, 0.05) is 19.0 Å². The fourth-order valence-corrected chi connectivity index (χ4v) is 7.70. The van der Waals surface area contributed by atoms with Gasteiger partial charge in [0.2, 0.25) is 11.8 Å². The van der Waals surface area contributed by atoms with Crippen LogP contribution >= 0.6 is 11.6 Å². The highest BCUT2D eigenvalue weighted by atomic mass is 35.5. The van der Waals surface area contributed by atoms with Crippen LogP contribution in [-0.2, 0) is 32.6 Å². The fraction of sp³-hybridized carbons (Fsp3) is 0.297. The van der Waals surface area contributed by atoms with Crippen LogP contribution in [0.25, 0.3) is 0 Å². The molecule has 1 saturated carbocycles. The molecule has 46 heavy (non-hydrogen) atoms. The number of benzene rings is 4. The highest BCUT2D eigenvalue weighted by Crippen LogP contribution is 2.31. The van der Waals surface area contributed by atoms with Gasteiger partial charge in [-0.1, -0.05) is 116 Å².